The van der Waals surface area contributed by atoms with E-state index in [0.717, 1.165) is 41.0 Å². The molecule has 0 unspecified atom stereocenters. The highest BCUT2D eigenvalue weighted by molar-refractivity contribution is 5.84. The van der Waals surface area contributed by atoms with Crippen LogP contribution in [0.25, 0.3) is 21.8 Å². The standard InChI is InChI=1S/C20H19N3O/c1-24-16-7-8-19-17(12-16)15(13-22-19)10-11-21-20-9-6-14-4-2-3-5-18(14)23-20/h2-9,12-13,22H,10-11H2,1H3,(H,21,23). The van der Waals surface area contributed by atoms with Crippen LogP contribution in [-0.4, -0.2) is 23.6 Å². The predicted molar refractivity (Wildman–Crippen MR) is 98.8 cm³/mol. The van der Waals surface area contributed by atoms with Gasteiger partial charge in [0.15, 0.2) is 0 Å². The van der Waals surface area contributed by atoms with Crippen molar-refractivity contribution in [2.45, 2.75) is 6.42 Å². The number of H-pyrrole nitrogens is 1. The van der Waals surface area contributed by atoms with E-state index in [-0.39, 0.29) is 0 Å². The number of pyridine rings is 1. The van der Waals surface area contributed by atoms with E-state index in [1.54, 1.807) is 7.11 Å². The van der Waals surface area contributed by atoms with Crippen molar-refractivity contribution in [3.05, 3.63) is 66.4 Å². The van der Waals surface area contributed by atoms with Crippen molar-refractivity contribution in [2.75, 3.05) is 19.0 Å². The van der Waals surface area contributed by atoms with Crippen LogP contribution in [0.5, 0.6) is 5.75 Å². The zero-order chi connectivity index (χ0) is 16.4. The first-order valence-electron chi connectivity index (χ1n) is 8.07. The first-order chi connectivity index (χ1) is 11.8. The average Bonchev–Trinajstić information content (AvgIpc) is 3.04. The van der Waals surface area contributed by atoms with Crippen LogP contribution in [0.3, 0.4) is 0 Å². The number of nitrogens with zero attached hydrogens (tertiary/aromatic N) is 1. The van der Waals surface area contributed by atoms with E-state index in [0.29, 0.717) is 0 Å². The normalized spacial score (nSPS) is 11.0. The first kappa shape index (κ1) is 14.6. The van der Waals surface area contributed by atoms with E-state index in [1.165, 1.54) is 10.9 Å². The largest absolute Gasteiger partial charge is 0.497 e. The Hall–Kier alpha value is -3.01. The second-order valence-corrected chi connectivity index (χ2v) is 5.79. The molecule has 0 saturated carbocycles. The molecule has 0 amide bonds. The molecule has 0 bridgehead atoms. The number of hydrogen-bond acceptors (Lipinski definition) is 3. The minimum atomic E-state index is 0.829. The van der Waals surface area contributed by atoms with Crippen LogP contribution in [0.2, 0.25) is 0 Å². The van der Waals surface area contributed by atoms with Crippen molar-refractivity contribution in [1.29, 1.82) is 0 Å². The van der Waals surface area contributed by atoms with Gasteiger partial charge in [0, 0.05) is 29.0 Å². The molecule has 0 aliphatic rings. The van der Waals surface area contributed by atoms with Gasteiger partial charge in [-0.1, -0.05) is 18.2 Å². The van der Waals surface area contributed by atoms with Gasteiger partial charge in [0.05, 0.1) is 12.6 Å². The topological polar surface area (TPSA) is 49.9 Å². The summed E-state index contributed by atoms with van der Waals surface area (Å²) in [6.45, 7) is 0.829. The summed E-state index contributed by atoms with van der Waals surface area (Å²) in [5.41, 5.74) is 3.42. The number of hydrogen-bond donors (Lipinski definition) is 2. The van der Waals surface area contributed by atoms with Gasteiger partial charge in [-0.3, -0.25) is 0 Å². The molecule has 120 valence electrons. The average molecular weight is 317 g/mol. The molecule has 4 aromatic rings. The summed E-state index contributed by atoms with van der Waals surface area (Å²) in [6.07, 6.45) is 2.99. The molecule has 0 spiro atoms. The lowest BCUT2D eigenvalue weighted by Gasteiger charge is -2.07. The van der Waals surface area contributed by atoms with Crippen LogP contribution in [-0.2, 0) is 6.42 Å². The second kappa shape index (κ2) is 6.24. The molecule has 2 aromatic carbocycles. The molecule has 4 rings (SSSR count). The Labute approximate surface area is 140 Å². The summed E-state index contributed by atoms with van der Waals surface area (Å²) in [4.78, 5) is 7.96. The number of methoxy groups -OCH3 is 1. The summed E-state index contributed by atoms with van der Waals surface area (Å²) < 4.78 is 5.32. The Morgan fingerprint density at radius 1 is 1.08 bits per heavy atom. The highest BCUT2D eigenvalue weighted by Crippen LogP contribution is 2.24. The van der Waals surface area contributed by atoms with E-state index in [1.807, 2.05) is 30.3 Å². The van der Waals surface area contributed by atoms with Gasteiger partial charge >= 0.3 is 0 Å². The van der Waals surface area contributed by atoms with E-state index in [9.17, 15) is 0 Å². The molecule has 4 nitrogen and oxygen atoms in total. The Balaban J connectivity index is 1.48. The molecular formula is C20H19N3O. The van der Waals surface area contributed by atoms with E-state index in [4.69, 9.17) is 4.74 Å². The van der Waals surface area contributed by atoms with Crippen molar-refractivity contribution < 1.29 is 4.74 Å². The van der Waals surface area contributed by atoms with Crippen LogP contribution >= 0.6 is 0 Å². The fourth-order valence-electron chi connectivity index (χ4n) is 2.98. The second-order valence-electron chi connectivity index (χ2n) is 5.79. The van der Waals surface area contributed by atoms with Gasteiger partial charge in [-0.15, -0.1) is 0 Å². The molecule has 0 atom stereocenters. The van der Waals surface area contributed by atoms with Gasteiger partial charge < -0.3 is 15.0 Å². The Bertz CT molecular complexity index is 990. The molecule has 0 radical (unpaired) electrons. The fourth-order valence-corrected chi connectivity index (χ4v) is 2.98. The summed E-state index contributed by atoms with van der Waals surface area (Å²) in [5, 5.41) is 5.78. The molecule has 0 aliphatic carbocycles. The Morgan fingerprint density at radius 3 is 2.92 bits per heavy atom. The first-order valence-corrected chi connectivity index (χ1v) is 8.07. The van der Waals surface area contributed by atoms with Gasteiger partial charge in [0.25, 0.3) is 0 Å². The number of rotatable bonds is 5. The van der Waals surface area contributed by atoms with Crippen LogP contribution in [0.4, 0.5) is 5.82 Å². The third-order valence-corrected chi connectivity index (χ3v) is 4.27. The van der Waals surface area contributed by atoms with Crippen LogP contribution in [0, 0.1) is 0 Å². The summed E-state index contributed by atoms with van der Waals surface area (Å²) in [5.74, 6) is 1.79. The van der Waals surface area contributed by atoms with Gasteiger partial charge in [0.1, 0.15) is 11.6 Å². The molecule has 0 saturated heterocycles. The SMILES string of the molecule is COc1ccc2[nH]cc(CCNc3ccc4ccccc4n3)c2c1. The maximum atomic E-state index is 5.32. The smallest absolute Gasteiger partial charge is 0.126 e. The number of benzene rings is 2. The minimum absolute atomic E-state index is 0.829. The molecule has 0 aliphatic heterocycles. The fraction of sp³-hybridized carbons (Fsp3) is 0.150. The third-order valence-electron chi connectivity index (χ3n) is 4.27. The predicted octanol–water partition coefficient (Wildman–Crippen LogP) is 4.38. The van der Waals surface area contributed by atoms with Gasteiger partial charge in [-0.2, -0.15) is 0 Å². The van der Waals surface area contributed by atoms with Crippen LogP contribution < -0.4 is 10.1 Å². The quantitative estimate of drug-likeness (QED) is 0.574. The highest BCUT2D eigenvalue weighted by atomic mass is 16.5. The van der Waals surface area contributed by atoms with Crippen molar-refractivity contribution in [3.63, 3.8) is 0 Å². The van der Waals surface area contributed by atoms with Crippen molar-refractivity contribution in [3.8, 4) is 5.75 Å². The van der Waals surface area contributed by atoms with Gasteiger partial charge in [0.2, 0.25) is 0 Å². The van der Waals surface area contributed by atoms with Crippen molar-refractivity contribution in [2.24, 2.45) is 0 Å². The van der Waals surface area contributed by atoms with E-state index >= 15 is 0 Å². The lowest BCUT2D eigenvalue weighted by atomic mass is 10.1. The molecule has 24 heavy (non-hydrogen) atoms. The minimum Gasteiger partial charge on any atom is -0.497 e. The zero-order valence-electron chi connectivity index (χ0n) is 13.5. The van der Waals surface area contributed by atoms with Crippen molar-refractivity contribution in [1.82, 2.24) is 9.97 Å². The van der Waals surface area contributed by atoms with Gasteiger partial charge in [-0.05, 0) is 48.4 Å². The molecule has 2 aromatic heterocycles. The summed E-state index contributed by atoms with van der Waals surface area (Å²) in [6, 6.07) is 18.4. The van der Waals surface area contributed by atoms with E-state index in [2.05, 4.69) is 45.7 Å². The maximum absolute atomic E-state index is 5.32. The monoisotopic (exact) mass is 317 g/mol. The van der Waals surface area contributed by atoms with Crippen LogP contribution in [0.1, 0.15) is 5.56 Å². The number of aromatic nitrogens is 2. The number of fused-ring (bicyclic) bond motifs is 2. The lowest BCUT2D eigenvalue weighted by Crippen LogP contribution is -2.06. The van der Waals surface area contributed by atoms with E-state index < -0.39 is 0 Å². The number of aromatic amines is 1. The Kier molecular flexibility index (Phi) is 3.79. The highest BCUT2D eigenvalue weighted by Gasteiger charge is 2.05. The van der Waals surface area contributed by atoms with Crippen LogP contribution in [0.15, 0.2) is 60.8 Å². The number of anilines is 1. The molecule has 2 N–H and O–H groups in total. The molecular weight excluding hydrogens is 298 g/mol. The summed E-state index contributed by atoms with van der Waals surface area (Å²) >= 11 is 0. The number of nitrogens with one attached hydrogen (secondary N) is 2. The number of para-hydroxylation sites is 1. The molecule has 0 fully saturated rings. The van der Waals surface area contributed by atoms with Gasteiger partial charge in [-0.25, -0.2) is 4.98 Å². The lowest BCUT2D eigenvalue weighted by molar-refractivity contribution is 0.415. The molecule has 2 heterocycles. The maximum Gasteiger partial charge on any atom is 0.126 e. The number of ether oxygens (including phenoxy) is 1. The van der Waals surface area contributed by atoms with Crippen molar-refractivity contribution >= 4 is 27.6 Å². The zero-order valence-corrected chi connectivity index (χ0v) is 13.5. The summed E-state index contributed by atoms with van der Waals surface area (Å²) in [7, 11) is 1.69. The third kappa shape index (κ3) is 2.78. The molecule has 4 heteroatoms. The Morgan fingerprint density at radius 2 is 2.00 bits per heavy atom.